The maximum Gasteiger partial charge on any atom is 0.306 e. The number of anilines is 1. The van der Waals surface area contributed by atoms with Gasteiger partial charge in [0.15, 0.2) is 0 Å². The molecule has 1 aromatic rings. The second kappa shape index (κ2) is 6.61. The van der Waals surface area contributed by atoms with Crippen molar-refractivity contribution in [3.63, 3.8) is 0 Å². The first-order chi connectivity index (χ1) is 10.0. The van der Waals surface area contributed by atoms with Crippen LogP contribution in [0.25, 0.3) is 0 Å². The lowest BCUT2D eigenvalue weighted by molar-refractivity contribution is -0.143. The Bertz CT molecular complexity index is 533. The summed E-state index contributed by atoms with van der Waals surface area (Å²) in [6.07, 6.45) is 2.38. The van der Waals surface area contributed by atoms with Crippen LogP contribution in [0.5, 0.6) is 5.75 Å². The molecule has 1 saturated carbocycles. The summed E-state index contributed by atoms with van der Waals surface area (Å²) in [5.74, 6) is -0.588. The highest BCUT2D eigenvalue weighted by atomic mass is 16.5. The molecule has 5 nitrogen and oxygen atoms in total. The summed E-state index contributed by atoms with van der Waals surface area (Å²) in [6, 6.07) is 5.60. The summed E-state index contributed by atoms with van der Waals surface area (Å²) < 4.78 is 5.27. The fourth-order valence-electron chi connectivity index (χ4n) is 2.80. The summed E-state index contributed by atoms with van der Waals surface area (Å²) in [4.78, 5) is 23.3. The minimum Gasteiger partial charge on any atom is -0.495 e. The molecule has 0 atom stereocenters. The third-order valence-electron chi connectivity index (χ3n) is 4.15. The largest absolute Gasteiger partial charge is 0.495 e. The fraction of sp³-hybridized carbons (Fsp3) is 0.500. The monoisotopic (exact) mass is 291 g/mol. The highest BCUT2D eigenvalue weighted by Gasteiger charge is 2.30. The van der Waals surface area contributed by atoms with Gasteiger partial charge in [0.05, 0.1) is 18.7 Å². The smallest absolute Gasteiger partial charge is 0.306 e. The van der Waals surface area contributed by atoms with Crippen LogP contribution < -0.4 is 10.1 Å². The second-order valence-electron chi connectivity index (χ2n) is 5.53. The molecule has 114 valence electrons. The van der Waals surface area contributed by atoms with Crippen LogP contribution in [0.2, 0.25) is 0 Å². The number of para-hydroxylation sites is 1. The predicted molar refractivity (Wildman–Crippen MR) is 79.4 cm³/mol. The Hall–Kier alpha value is -2.04. The SMILES string of the molecule is COc1cccc(C)c1NC(=O)C1CCC(C(=O)O)CC1. The topological polar surface area (TPSA) is 75.6 Å². The van der Waals surface area contributed by atoms with Gasteiger partial charge in [-0.3, -0.25) is 9.59 Å². The van der Waals surface area contributed by atoms with Gasteiger partial charge in [-0.2, -0.15) is 0 Å². The van der Waals surface area contributed by atoms with Crippen LogP contribution in [0.3, 0.4) is 0 Å². The number of aliphatic carboxylic acids is 1. The van der Waals surface area contributed by atoms with Crippen molar-refractivity contribution >= 4 is 17.6 Å². The highest BCUT2D eigenvalue weighted by molar-refractivity contribution is 5.95. The Morgan fingerprint density at radius 1 is 1.19 bits per heavy atom. The zero-order valence-electron chi connectivity index (χ0n) is 12.4. The van der Waals surface area contributed by atoms with E-state index in [4.69, 9.17) is 9.84 Å². The number of aryl methyl sites for hydroxylation is 1. The van der Waals surface area contributed by atoms with E-state index in [0.29, 0.717) is 37.1 Å². The van der Waals surface area contributed by atoms with Gasteiger partial charge in [0.25, 0.3) is 0 Å². The number of carbonyl (C=O) groups excluding carboxylic acids is 1. The molecule has 0 heterocycles. The van der Waals surface area contributed by atoms with E-state index in [1.165, 1.54) is 0 Å². The maximum absolute atomic E-state index is 12.4. The number of nitrogens with one attached hydrogen (secondary N) is 1. The standard InChI is InChI=1S/C16H21NO4/c1-10-4-3-5-13(21-2)14(10)17-15(18)11-6-8-12(9-7-11)16(19)20/h3-5,11-12H,6-9H2,1-2H3,(H,17,18)(H,19,20). The van der Waals surface area contributed by atoms with Gasteiger partial charge >= 0.3 is 5.97 Å². The number of amides is 1. The minimum atomic E-state index is -0.755. The highest BCUT2D eigenvalue weighted by Crippen LogP contribution is 2.32. The van der Waals surface area contributed by atoms with Crippen LogP contribution in [0.15, 0.2) is 18.2 Å². The Balaban J connectivity index is 2.01. The van der Waals surface area contributed by atoms with Crippen molar-refractivity contribution in [3.8, 4) is 5.75 Å². The molecule has 1 aliphatic carbocycles. The molecule has 1 aromatic carbocycles. The number of hydrogen-bond acceptors (Lipinski definition) is 3. The van der Waals surface area contributed by atoms with Gasteiger partial charge in [-0.25, -0.2) is 0 Å². The molecule has 0 aliphatic heterocycles. The van der Waals surface area contributed by atoms with E-state index in [1.54, 1.807) is 7.11 Å². The molecule has 0 bridgehead atoms. The Labute approximate surface area is 124 Å². The van der Waals surface area contributed by atoms with Crippen molar-refractivity contribution < 1.29 is 19.4 Å². The van der Waals surface area contributed by atoms with E-state index in [-0.39, 0.29) is 17.7 Å². The normalized spacial score (nSPS) is 21.6. The first-order valence-electron chi connectivity index (χ1n) is 7.20. The predicted octanol–water partition coefficient (Wildman–Crippen LogP) is 2.83. The van der Waals surface area contributed by atoms with E-state index >= 15 is 0 Å². The van der Waals surface area contributed by atoms with Crippen LogP contribution in [0, 0.1) is 18.8 Å². The second-order valence-corrected chi connectivity index (χ2v) is 5.53. The number of carboxylic acids is 1. The van der Waals surface area contributed by atoms with E-state index in [1.807, 2.05) is 25.1 Å². The number of ether oxygens (including phenoxy) is 1. The zero-order chi connectivity index (χ0) is 15.4. The number of carbonyl (C=O) groups is 2. The fourth-order valence-corrected chi connectivity index (χ4v) is 2.80. The first-order valence-corrected chi connectivity index (χ1v) is 7.20. The number of carboxylic acid groups (broad SMARTS) is 1. The number of hydrogen-bond donors (Lipinski definition) is 2. The van der Waals surface area contributed by atoms with Crippen molar-refractivity contribution in [3.05, 3.63) is 23.8 Å². The van der Waals surface area contributed by atoms with E-state index in [0.717, 1.165) is 5.56 Å². The molecule has 0 radical (unpaired) electrons. The Morgan fingerprint density at radius 2 is 1.81 bits per heavy atom. The van der Waals surface area contributed by atoms with Crippen LogP contribution in [-0.4, -0.2) is 24.1 Å². The molecule has 1 amide bonds. The lowest BCUT2D eigenvalue weighted by Gasteiger charge is -2.25. The van der Waals surface area contributed by atoms with E-state index in [2.05, 4.69) is 5.32 Å². The minimum absolute atomic E-state index is 0.0496. The van der Waals surface area contributed by atoms with Gasteiger partial charge in [-0.05, 0) is 44.2 Å². The lowest BCUT2D eigenvalue weighted by atomic mass is 9.81. The van der Waals surface area contributed by atoms with Crippen molar-refractivity contribution in [2.24, 2.45) is 11.8 Å². The zero-order valence-corrected chi connectivity index (χ0v) is 12.4. The molecule has 2 rings (SSSR count). The lowest BCUT2D eigenvalue weighted by Crippen LogP contribution is -2.29. The van der Waals surface area contributed by atoms with Crippen molar-refractivity contribution in [2.75, 3.05) is 12.4 Å². The van der Waals surface area contributed by atoms with Gasteiger partial charge in [0.2, 0.25) is 5.91 Å². The molecular formula is C16H21NO4. The average molecular weight is 291 g/mol. The Kier molecular flexibility index (Phi) is 4.83. The summed E-state index contributed by atoms with van der Waals surface area (Å²) in [7, 11) is 1.57. The first kappa shape index (κ1) is 15.4. The quantitative estimate of drug-likeness (QED) is 0.894. The maximum atomic E-state index is 12.4. The van der Waals surface area contributed by atoms with Gasteiger partial charge in [0.1, 0.15) is 5.75 Å². The molecule has 0 unspecified atom stereocenters. The van der Waals surface area contributed by atoms with Crippen molar-refractivity contribution in [1.29, 1.82) is 0 Å². The Morgan fingerprint density at radius 3 is 2.38 bits per heavy atom. The molecule has 21 heavy (non-hydrogen) atoms. The molecule has 0 spiro atoms. The van der Waals surface area contributed by atoms with Gasteiger partial charge < -0.3 is 15.2 Å². The van der Waals surface area contributed by atoms with Crippen molar-refractivity contribution in [1.82, 2.24) is 0 Å². The van der Waals surface area contributed by atoms with Crippen LogP contribution in [-0.2, 0) is 9.59 Å². The van der Waals surface area contributed by atoms with E-state index in [9.17, 15) is 9.59 Å². The number of benzene rings is 1. The summed E-state index contributed by atoms with van der Waals surface area (Å²) in [5.41, 5.74) is 1.65. The molecule has 5 heteroatoms. The molecule has 0 aromatic heterocycles. The third kappa shape index (κ3) is 3.54. The molecule has 0 saturated heterocycles. The van der Waals surface area contributed by atoms with Gasteiger partial charge in [0, 0.05) is 5.92 Å². The number of methoxy groups -OCH3 is 1. The summed E-state index contributed by atoms with van der Waals surface area (Å²) in [5, 5.41) is 11.9. The van der Waals surface area contributed by atoms with Gasteiger partial charge in [-0.1, -0.05) is 12.1 Å². The molecule has 1 fully saturated rings. The van der Waals surface area contributed by atoms with E-state index < -0.39 is 5.97 Å². The number of rotatable bonds is 4. The molecule has 1 aliphatic rings. The molecule has 2 N–H and O–H groups in total. The van der Waals surface area contributed by atoms with Crippen LogP contribution >= 0.6 is 0 Å². The van der Waals surface area contributed by atoms with Crippen LogP contribution in [0.1, 0.15) is 31.2 Å². The third-order valence-corrected chi connectivity index (χ3v) is 4.15. The average Bonchev–Trinajstić information content (AvgIpc) is 2.49. The van der Waals surface area contributed by atoms with Crippen molar-refractivity contribution in [2.45, 2.75) is 32.6 Å². The molecular weight excluding hydrogens is 270 g/mol. The summed E-state index contributed by atoms with van der Waals surface area (Å²) in [6.45, 7) is 1.92. The van der Waals surface area contributed by atoms with Crippen LogP contribution in [0.4, 0.5) is 5.69 Å². The van der Waals surface area contributed by atoms with Gasteiger partial charge in [-0.15, -0.1) is 0 Å². The summed E-state index contributed by atoms with van der Waals surface area (Å²) >= 11 is 0.